The third-order valence-corrected chi connectivity index (χ3v) is 26.5. The molecule has 1 unspecified atom stereocenters. The van der Waals surface area contributed by atoms with E-state index in [1.54, 1.807) is 82.5 Å². The molecule has 580 valence electrons. The number of piperidine rings is 1. The van der Waals surface area contributed by atoms with Crippen molar-refractivity contribution in [3.63, 3.8) is 0 Å². The largest absolute Gasteiger partial charge is 0.512 e. The Hall–Kier alpha value is -9.54. The van der Waals surface area contributed by atoms with Crippen molar-refractivity contribution in [2.45, 2.75) is 99.0 Å². The van der Waals surface area contributed by atoms with E-state index in [4.69, 9.17) is 28.6 Å². The minimum Gasteiger partial charge on any atom is -0.512 e. The summed E-state index contributed by atoms with van der Waals surface area (Å²) in [5.41, 5.74) is 7.15. The number of hydrogen-bond donors (Lipinski definition) is 5. The van der Waals surface area contributed by atoms with Crippen LogP contribution < -0.4 is 28.9 Å². The topological polar surface area (TPSA) is 310 Å². The van der Waals surface area contributed by atoms with Gasteiger partial charge in [-0.3, -0.25) is 34.0 Å². The Balaban J connectivity index is 0.000000209. The molecule has 4 aliphatic heterocycles. The van der Waals surface area contributed by atoms with Crippen molar-refractivity contribution in [1.29, 1.82) is 5.41 Å². The molecule has 3 saturated heterocycles. The van der Waals surface area contributed by atoms with E-state index in [9.17, 15) is 49.1 Å². The molecule has 0 saturated carbocycles. The molecule has 3 atom stereocenters. The van der Waals surface area contributed by atoms with Crippen LogP contribution in [0.5, 0.6) is 0 Å². The maximum Gasteiger partial charge on any atom is 0.263 e. The van der Waals surface area contributed by atoms with Gasteiger partial charge in [0, 0.05) is 150 Å². The maximum atomic E-state index is 13.6. The molecule has 5 N–H and O–H groups in total. The van der Waals surface area contributed by atoms with E-state index in [0.717, 1.165) is 75.2 Å². The number of likely N-dealkylation sites (tertiary alicyclic amines) is 1. The molecule has 0 spiro atoms. The number of halogens is 3. The molecule has 4 aliphatic rings. The van der Waals surface area contributed by atoms with Gasteiger partial charge >= 0.3 is 0 Å². The lowest BCUT2D eigenvalue weighted by molar-refractivity contribution is -0.136. The molecule has 8 heterocycles. The third-order valence-electron chi connectivity index (χ3n) is 19.6. The SMILES string of the molecule is C/C(O)=C(/C(=N)c1ccc(F)cc1)C(=O)N1CCC(c2ccc(S(=O)(=O)Nc3nccs3)cc2)CC1.C[C@H](C(=O)N1CCN(c2ccc(S(=O)(=O)Nc3ncns3)cc2)CC1)N1CCCc2cc(Cl)ccc21.Cc1cc2ccc(Cl)cc2n1[C@H](C)C(=O)N1CCN(c2ccc(S(=O)(=O)Nc3nccs3)cc2)CC1C.[HH].[HH].[HH].[HH]. The van der Waals surface area contributed by atoms with E-state index in [2.05, 4.69) is 58.8 Å². The van der Waals surface area contributed by atoms with Crippen LogP contribution in [0.3, 0.4) is 0 Å². The van der Waals surface area contributed by atoms with Gasteiger partial charge in [-0.2, -0.15) is 4.37 Å². The van der Waals surface area contributed by atoms with Gasteiger partial charge in [-0.05, 0) is 204 Å². The predicted octanol–water partition coefficient (Wildman–Crippen LogP) is 14.3. The highest BCUT2D eigenvalue weighted by molar-refractivity contribution is 7.93. The van der Waals surface area contributed by atoms with E-state index in [0.29, 0.717) is 92.6 Å². The molecule has 3 amide bonds. The fourth-order valence-electron chi connectivity index (χ4n) is 14.0. The molecule has 10 aromatic rings. The summed E-state index contributed by atoms with van der Waals surface area (Å²) in [5, 5.41) is 25.3. The number of allylic oxidation sites excluding steroid dienone is 1. The van der Waals surface area contributed by atoms with E-state index >= 15 is 0 Å². The predicted molar refractivity (Wildman–Crippen MR) is 437 cm³/mol. The Bertz CT molecular complexity index is 5310. The summed E-state index contributed by atoms with van der Waals surface area (Å²) in [6.45, 7) is 15.5. The number of sulfonamides is 3. The minimum atomic E-state index is -3.73. The van der Waals surface area contributed by atoms with Gasteiger partial charge in [-0.1, -0.05) is 41.4 Å². The fourth-order valence-corrected chi connectivity index (χ4v) is 19.6. The van der Waals surface area contributed by atoms with Gasteiger partial charge in [0.25, 0.3) is 36.0 Å². The second-order valence-corrected chi connectivity index (χ2v) is 35.1. The Labute approximate surface area is 660 Å². The summed E-state index contributed by atoms with van der Waals surface area (Å²) in [4.78, 5) is 64.4. The number of amides is 3. The lowest BCUT2D eigenvalue weighted by Gasteiger charge is -2.42. The van der Waals surface area contributed by atoms with Crippen molar-refractivity contribution < 1.29 is 54.8 Å². The Kier molecular flexibility index (Phi) is 24.8. The number of aryl methyl sites for hydroxylation is 2. The number of piperazine rings is 2. The summed E-state index contributed by atoms with van der Waals surface area (Å²) >= 11 is 15.8. The van der Waals surface area contributed by atoms with Crippen molar-refractivity contribution in [1.82, 2.24) is 38.6 Å². The molecule has 14 rings (SSSR count). The molecule has 0 aliphatic carbocycles. The van der Waals surface area contributed by atoms with Crippen molar-refractivity contribution in [3.8, 4) is 0 Å². The second-order valence-electron chi connectivity index (χ2n) is 26.6. The summed E-state index contributed by atoms with van der Waals surface area (Å²) < 4.78 is 102. The van der Waals surface area contributed by atoms with Crippen LogP contribution in [-0.4, -0.2) is 170 Å². The number of aromatic nitrogens is 5. The van der Waals surface area contributed by atoms with Crippen molar-refractivity contribution in [3.05, 3.63) is 219 Å². The molecule has 4 aromatic heterocycles. The van der Waals surface area contributed by atoms with Crippen molar-refractivity contribution in [2.24, 2.45) is 0 Å². The molecule has 109 heavy (non-hydrogen) atoms. The summed E-state index contributed by atoms with van der Waals surface area (Å²) in [7, 11) is -11.1. The number of aliphatic hydroxyl groups excluding tert-OH is 1. The number of anilines is 6. The molecule has 0 radical (unpaired) electrons. The maximum absolute atomic E-state index is 13.6. The summed E-state index contributed by atoms with van der Waals surface area (Å²) in [5.74, 6) is -0.828. The Morgan fingerprint density at radius 2 is 1.18 bits per heavy atom. The van der Waals surface area contributed by atoms with Gasteiger partial charge in [0.1, 0.15) is 35.6 Å². The number of hydrogen-bond acceptors (Lipinski definition) is 21. The number of nitrogens with zero attached hydrogens (tertiary/aromatic N) is 11. The first-order chi connectivity index (χ1) is 52.1. The number of thiazole rings is 2. The minimum absolute atomic E-state index is 0. The van der Waals surface area contributed by atoms with Gasteiger partial charge < -0.3 is 39.1 Å². The van der Waals surface area contributed by atoms with E-state index in [1.165, 1.54) is 72.0 Å². The van der Waals surface area contributed by atoms with Crippen LogP contribution in [0.2, 0.25) is 10.0 Å². The molecule has 25 nitrogen and oxygen atoms in total. The lowest BCUT2D eigenvalue weighted by atomic mass is 9.89. The number of carbonyl (C=O) groups excluding carboxylic acids is 3. The highest BCUT2D eigenvalue weighted by atomic mass is 35.5. The quantitative estimate of drug-likeness (QED) is 0.0285. The first-order valence-electron chi connectivity index (χ1n) is 35.0. The normalized spacial score (nSPS) is 16.5. The van der Waals surface area contributed by atoms with Gasteiger partial charge in [0.2, 0.25) is 16.9 Å². The Morgan fingerprint density at radius 1 is 0.633 bits per heavy atom. The first-order valence-corrected chi connectivity index (χ1v) is 42.7. The van der Waals surface area contributed by atoms with Gasteiger partial charge in [0.15, 0.2) is 10.3 Å². The van der Waals surface area contributed by atoms with Crippen LogP contribution in [0.4, 0.5) is 36.8 Å². The van der Waals surface area contributed by atoms with Crippen LogP contribution in [0.1, 0.15) is 87.0 Å². The molecule has 3 fully saturated rings. The van der Waals surface area contributed by atoms with Gasteiger partial charge in [-0.25, -0.2) is 44.6 Å². The highest BCUT2D eigenvalue weighted by Crippen LogP contribution is 2.35. The van der Waals surface area contributed by atoms with E-state index in [-0.39, 0.29) is 78.4 Å². The number of rotatable bonds is 19. The van der Waals surface area contributed by atoms with Crippen molar-refractivity contribution >= 4 is 154 Å². The number of carbonyl (C=O) groups is 3. The molecular weight excluding hydrogens is 1550 g/mol. The van der Waals surface area contributed by atoms with Crippen LogP contribution >= 0.6 is 57.4 Å². The standard InChI is InChI=1S/C26H28ClN5O3S2.C25H25FN4O4S2.C24H27ClN6O3S2.4H2/c1-17-14-20-4-5-21(27)15-24(20)32(17)19(3)25(33)31-12-11-30(16-18(31)2)22-6-8-23(9-7-22)37(34,35)29-26-28-10-13-36-26;1-16(31)22(23(27)19-2-6-20(26)7-3-19)24(32)30-13-10-18(11-14-30)17-4-8-21(9-5-17)36(33,34)29-25-28-12-15-35-25;1-17(31-10-2-3-18-15-19(25)4-9-22(18)31)23(32)30-13-11-29(12-14-30)20-5-7-21(8-6-20)36(33,34)28-24-26-16-27-35-24;;;;/h4-10,13-15,18-19H,11-12,16H2,1-3H3,(H,28,29);2-9,12,15,18,27,31H,10-11,13-14H2,1H3,(H,28,29);4-9,15-17H,2-3,10-14H2,1H3,(H,26,27,28);4*1H/b;22-16+,27-23?;;;;;/t18?,19-;;17-;;;;/m1.1..../s1. The lowest BCUT2D eigenvalue weighted by Crippen LogP contribution is -2.55. The molecule has 6 aromatic carbocycles. The smallest absolute Gasteiger partial charge is 0.263 e. The van der Waals surface area contributed by atoms with Crippen LogP contribution in [0, 0.1) is 18.2 Å². The summed E-state index contributed by atoms with van der Waals surface area (Å²) in [6, 6.07) is 38.6. The molecule has 0 bridgehead atoms. The van der Waals surface area contributed by atoms with E-state index in [1.807, 2.05) is 86.0 Å². The van der Waals surface area contributed by atoms with Gasteiger partial charge in [0.05, 0.1) is 25.9 Å². The third kappa shape index (κ3) is 18.7. The molecular formula is C75H88Cl2FN15O10S6. The van der Waals surface area contributed by atoms with E-state index < -0.39 is 41.8 Å². The average molecular weight is 1640 g/mol. The van der Waals surface area contributed by atoms with Crippen molar-refractivity contribution in [2.75, 3.05) is 94.3 Å². The summed E-state index contributed by atoms with van der Waals surface area (Å²) in [6.07, 6.45) is 7.65. The van der Waals surface area contributed by atoms with Gasteiger partial charge in [-0.15, -0.1) is 22.7 Å². The first kappa shape index (κ1) is 79.0. The number of nitrogens with one attached hydrogen (secondary N) is 4. The van der Waals surface area contributed by atoms with Crippen LogP contribution in [0.25, 0.3) is 10.9 Å². The van der Waals surface area contributed by atoms with Crippen LogP contribution in [-0.2, 0) is 50.9 Å². The highest BCUT2D eigenvalue weighted by Gasteiger charge is 2.35. The molecule has 34 heteroatoms. The van der Waals surface area contributed by atoms with Crippen LogP contribution in [0.15, 0.2) is 195 Å². The second kappa shape index (κ2) is 34.2. The zero-order chi connectivity index (χ0) is 77.5. The fraction of sp³-hybridized carbons (Fsp3) is 0.307. The zero-order valence-electron chi connectivity index (χ0n) is 60.0. The zero-order valence-corrected chi connectivity index (χ0v) is 66.4. The number of aliphatic hydroxyl groups is 1. The number of benzene rings is 6. The number of fused-ring (bicyclic) bond motifs is 2. The Morgan fingerprint density at radius 3 is 1.73 bits per heavy atom. The monoisotopic (exact) mass is 1640 g/mol. The average Bonchev–Trinajstić information content (AvgIpc) is 1.54.